The summed E-state index contributed by atoms with van der Waals surface area (Å²) in [5.74, 6) is 1.23. The Labute approximate surface area is 207 Å². The molecule has 0 bridgehead atoms. The van der Waals surface area contributed by atoms with Gasteiger partial charge in [-0.05, 0) is 42.0 Å². The van der Waals surface area contributed by atoms with Gasteiger partial charge in [0.1, 0.15) is 11.6 Å². The molecule has 1 aromatic heterocycles. The van der Waals surface area contributed by atoms with E-state index in [0.717, 1.165) is 22.6 Å². The zero-order chi connectivity index (χ0) is 24.4. The highest BCUT2D eigenvalue weighted by Gasteiger charge is 2.26. The van der Waals surface area contributed by atoms with Crippen molar-refractivity contribution in [3.63, 3.8) is 0 Å². The molecule has 1 aliphatic heterocycles. The van der Waals surface area contributed by atoms with Crippen LogP contribution >= 0.6 is 11.6 Å². The number of aromatic nitrogens is 2. The number of rotatable bonds is 6. The molecule has 35 heavy (non-hydrogen) atoms. The molecule has 0 aliphatic carbocycles. The van der Waals surface area contributed by atoms with Crippen molar-refractivity contribution in [3.8, 4) is 17.0 Å². The first-order valence-corrected chi connectivity index (χ1v) is 11.6. The highest BCUT2D eigenvalue weighted by molar-refractivity contribution is 6.30. The van der Waals surface area contributed by atoms with Gasteiger partial charge in [0.15, 0.2) is 0 Å². The van der Waals surface area contributed by atoms with Crippen molar-refractivity contribution in [3.05, 3.63) is 95.0 Å². The third-order valence-corrected chi connectivity index (χ3v) is 6.11. The molecule has 8 heteroatoms. The zero-order valence-electron chi connectivity index (χ0n) is 19.1. The minimum Gasteiger partial charge on any atom is -0.497 e. The van der Waals surface area contributed by atoms with Gasteiger partial charge in [-0.25, -0.2) is 4.68 Å². The maximum absolute atomic E-state index is 12.8. The van der Waals surface area contributed by atoms with Crippen molar-refractivity contribution in [2.75, 3.05) is 17.3 Å². The Morgan fingerprint density at radius 3 is 2.63 bits per heavy atom. The number of aryl methyl sites for hydroxylation is 1. The van der Waals surface area contributed by atoms with E-state index in [2.05, 4.69) is 10.4 Å². The number of halogens is 1. The van der Waals surface area contributed by atoms with Gasteiger partial charge in [-0.3, -0.25) is 14.5 Å². The maximum atomic E-state index is 12.8. The molecule has 2 amide bonds. The van der Waals surface area contributed by atoms with Crippen LogP contribution in [0.25, 0.3) is 11.3 Å². The lowest BCUT2D eigenvalue weighted by Crippen LogP contribution is -2.36. The minimum absolute atomic E-state index is 0.0369. The summed E-state index contributed by atoms with van der Waals surface area (Å²) in [5, 5.41) is 8.19. The fourth-order valence-corrected chi connectivity index (χ4v) is 4.25. The summed E-state index contributed by atoms with van der Waals surface area (Å²) in [4.78, 5) is 27.2. The van der Waals surface area contributed by atoms with E-state index in [-0.39, 0.29) is 11.8 Å². The molecule has 1 N–H and O–H groups in total. The molecule has 0 fully saturated rings. The number of nitrogens with one attached hydrogen (secondary N) is 1. The molecule has 0 saturated carbocycles. The van der Waals surface area contributed by atoms with E-state index in [4.69, 9.17) is 16.3 Å². The van der Waals surface area contributed by atoms with E-state index >= 15 is 0 Å². The number of methoxy groups -OCH3 is 1. The molecule has 0 spiro atoms. The lowest BCUT2D eigenvalue weighted by atomic mass is 10.1. The second-order valence-corrected chi connectivity index (χ2v) is 8.67. The van der Waals surface area contributed by atoms with Crippen LogP contribution in [-0.4, -0.2) is 28.7 Å². The smallest absolute Gasteiger partial charge is 0.255 e. The van der Waals surface area contributed by atoms with Crippen LogP contribution in [0.2, 0.25) is 5.02 Å². The van der Waals surface area contributed by atoms with E-state index in [1.807, 2.05) is 59.3 Å². The van der Waals surface area contributed by atoms with Crippen LogP contribution in [0.5, 0.6) is 5.75 Å². The molecule has 0 radical (unpaired) electrons. The van der Waals surface area contributed by atoms with Crippen LogP contribution in [0.1, 0.15) is 22.3 Å². The number of carbonyl (C=O) groups is 2. The Hall–Kier alpha value is -4.10. The van der Waals surface area contributed by atoms with Gasteiger partial charge in [-0.15, -0.1) is 0 Å². The summed E-state index contributed by atoms with van der Waals surface area (Å²) in [6.07, 6.45) is 0.380. The predicted octanol–water partition coefficient (Wildman–Crippen LogP) is 5.40. The van der Waals surface area contributed by atoms with E-state index in [0.29, 0.717) is 41.5 Å². The van der Waals surface area contributed by atoms with Gasteiger partial charge in [0.25, 0.3) is 5.91 Å². The number of fused-ring (bicyclic) bond motifs is 1. The highest BCUT2D eigenvalue weighted by Crippen LogP contribution is 2.30. The predicted molar refractivity (Wildman–Crippen MR) is 136 cm³/mol. The largest absolute Gasteiger partial charge is 0.497 e. The van der Waals surface area contributed by atoms with Gasteiger partial charge >= 0.3 is 0 Å². The molecule has 4 aromatic rings. The zero-order valence-corrected chi connectivity index (χ0v) is 19.8. The van der Waals surface area contributed by atoms with E-state index in [1.165, 1.54) is 0 Å². The van der Waals surface area contributed by atoms with Gasteiger partial charge in [-0.1, -0.05) is 41.9 Å². The Balaban J connectivity index is 1.32. The number of hydrogen-bond donors (Lipinski definition) is 1. The Kier molecular flexibility index (Phi) is 6.25. The van der Waals surface area contributed by atoms with Gasteiger partial charge in [0, 0.05) is 40.4 Å². The fourth-order valence-electron chi connectivity index (χ4n) is 4.06. The maximum Gasteiger partial charge on any atom is 0.255 e. The molecule has 176 valence electrons. The van der Waals surface area contributed by atoms with Crippen LogP contribution < -0.4 is 15.0 Å². The molecule has 0 unspecified atom stereocenters. The highest BCUT2D eigenvalue weighted by atomic mass is 35.5. The lowest BCUT2D eigenvalue weighted by molar-refractivity contribution is -0.119. The average molecular weight is 487 g/mol. The number of carbonyl (C=O) groups excluding carboxylic acids is 2. The van der Waals surface area contributed by atoms with Gasteiger partial charge in [0.2, 0.25) is 5.91 Å². The number of hydrogen-bond acceptors (Lipinski definition) is 4. The first kappa shape index (κ1) is 22.7. The van der Waals surface area contributed by atoms with E-state index in [1.54, 1.807) is 36.3 Å². The SMILES string of the molecule is COc1cccc(NC(=O)c2ccc(CN3C(=O)CCn4nc(-c5cccc(Cl)c5)cc43)cc2)c1. The second-order valence-electron chi connectivity index (χ2n) is 8.23. The summed E-state index contributed by atoms with van der Waals surface area (Å²) in [6, 6.07) is 23.8. The summed E-state index contributed by atoms with van der Waals surface area (Å²) in [6.45, 7) is 0.923. The van der Waals surface area contributed by atoms with Gasteiger partial charge in [-0.2, -0.15) is 5.10 Å². The first-order valence-electron chi connectivity index (χ1n) is 11.2. The van der Waals surface area contributed by atoms with Crippen molar-refractivity contribution in [1.82, 2.24) is 9.78 Å². The van der Waals surface area contributed by atoms with Crippen molar-refractivity contribution >= 4 is 34.9 Å². The molecular weight excluding hydrogens is 464 g/mol. The minimum atomic E-state index is -0.219. The van der Waals surface area contributed by atoms with E-state index in [9.17, 15) is 9.59 Å². The number of anilines is 2. The first-order chi connectivity index (χ1) is 17.0. The monoisotopic (exact) mass is 486 g/mol. The summed E-state index contributed by atoms with van der Waals surface area (Å²) in [5.41, 5.74) is 3.76. The Bertz CT molecular complexity index is 1400. The number of ether oxygens (including phenoxy) is 1. The van der Waals surface area contributed by atoms with Crippen molar-refractivity contribution in [2.45, 2.75) is 19.5 Å². The van der Waals surface area contributed by atoms with Crippen LogP contribution in [-0.2, 0) is 17.9 Å². The van der Waals surface area contributed by atoms with Crippen LogP contribution in [0, 0.1) is 0 Å². The molecular formula is C27H23ClN4O3. The lowest BCUT2D eigenvalue weighted by Gasteiger charge is -2.27. The molecule has 0 atom stereocenters. The standard InChI is InChI=1S/C27H23ClN4O3/c1-35-23-7-3-6-22(15-23)29-27(34)19-10-8-18(9-11-19)17-31-25-16-24(20-4-2-5-21(28)14-20)30-32(25)13-12-26(31)33/h2-11,14-16H,12-13,17H2,1H3,(H,29,34). The van der Waals surface area contributed by atoms with Gasteiger partial charge in [0.05, 0.1) is 25.9 Å². The number of benzene rings is 3. The van der Waals surface area contributed by atoms with E-state index < -0.39 is 0 Å². The number of amides is 2. The molecule has 5 rings (SSSR count). The molecule has 0 saturated heterocycles. The van der Waals surface area contributed by atoms with Crippen LogP contribution in [0.4, 0.5) is 11.5 Å². The summed E-state index contributed by atoms with van der Waals surface area (Å²) in [7, 11) is 1.58. The Morgan fingerprint density at radius 2 is 1.86 bits per heavy atom. The number of nitrogens with zero attached hydrogens (tertiary/aromatic N) is 3. The normalized spacial score (nSPS) is 12.9. The van der Waals surface area contributed by atoms with Crippen LogP contribution in [0.15, 0.2) is 78.9 Å². The third kappa shape index (κ3) is 4.90. The molecule has 2 heterocycles. The average Bonchev–Trinajstić information content (AvgIpc) is 3.31. The fraction of sp³-hybridized carbons (Fsp3) is 0.148. The van der Waals surface area contributed by atoms with Gasteiger partial charge < -0.3 is 10.1 Å². The molecule has 7 nitrogen and oxygen atoms in total. The second kappa shape index (κ2) is 9.64. The van der Waals surface area contributed by atoms with Crippen molar-refractivity contribution in [2.24, 2.45) is 0 Å². The summed E-state index contributed by atoms with van der Waals surface area (Å²) < 4.78 is 7.05. The molecule has 1 aliphatic rings. The third-order valence-electron chi connectivity index (χ3n) is 5.88. The topological polar surface area (TPSA) is 76.5 Å². The summed E-state index contributed by atoms with van der Waals surface area (Å²) >= 11 is 6.14. The van der Waals surface area contributed by atoms with Crippen molar-refractivity contribution < 1.29 is 14.3 Å². The molecule has 3 aromatic carbocycles. The Morgan fingerprint density at radius 1 is 1.06 bits per heavy atom. The van der Waals surface area contributed by atoms with Crippen LogP contribution in [0.3, 0.4) is 0 Å². The van der Waals surface area contributed by atoms with Crippen molar-refractivity contribution in [1.29, 1.82) is 0 Å². The quantitative estimate of drug-likeness (QED) is 0.396.